The Morgan fingerprint density at radius 3 is 2.42 bits per heavy atom. The van der Waals surface area contributed by atoms with Gasteiger partial charge < -0.3 is 5.11 Å². The summed E-state index contributed by atoms with van der Waals surface area (Å²) in [5.41, 5.74) is 2.43. The number of benzene rings is 2. The van der Waals surface area contributed by atoms with Crippen molar-refractivity contribution < 1.29 is 5.11 Å². The monoisotopic (exact) mass is 274 g/mol. The van der Waals surface area contributed by atoms with Crippen LogP contribution in [0.5, 0.6) is 0 Å². The van der Waals surface area contributed by atoms with Crippen molar-refractivity contribution in [2.24, 2.45) is 0 Å². The van der Waals surface area contributed by atoms with E-state index in [0.717, 1.165) is 29.8 Å². The molecule has 1 unspecified atom stereocenters. The minimum absolute atomic E-state index is 0.290. The average molecular weight is 275 g/mol. The predicted molar refractivity (Wildman–Crippen MR) is 80.5 cm³/mol. The largest absolute Gasteiger partial charge is 0.393 e. The summed E-state index contributed by atoms with van der Waals surface area (Å²) in [7, 11) is 0. The van der Waals surface area contributed by atoms with Gasteiger partial charge in [-0.1, -0.05) is 54.1 Å². The summed E-state index contributed by atoms with van der Waals surface area (Å²) in [5, 5.41) is 10.8. The summed E-state index contributed by atoms with van der Waals surface area (Å²) >= 11 is 5.93. The fraction of sp³-hybridized carbons (Fsp3) is 0.294. The minimum Gasteiger partial charge on any atom is -0.393 e. The van der Waals surface area contributed by atoms with Gasteiger partial charge in [-0.05, 0) is 48.9 Å². The molecule has 2 aromatic carbocycles. The number of hydrogen-bond acceptors (Lipinski definition) is 1. The topological polar surface area (TPSA) is 20.2 Å². The van der Waals surface area contributed by atoms with E-state index in [1.165, 1.54) is 5.56 Å². The third-order valence-corrected chi connectivity index (χ3v) is 3.44. The van der Waals surface area contributed by atoms with Crippen LogP contribution in [-0.4, -0.2) is 11.2 Å². The number of halogens is 1. The molecular formula is C17H19ClO. The maximum atomic E-state index is 10.0. The van der Waals surface area contributed by atoms with E-state index in [1.807, 2.05) is 30.3 Å². The third-order valence-electron chi connectivity index (χ3n) is 3.21. The second kappa shape index (κ2) is 7.32. The van der Waals surface area contributed by atoms with E-state index < -0.39 is 0 Å². The highest BCUT2D eigenvalue weighted by atomic mass is 35.5. The molecule has 1 N–H and O–H groups in total. The quantitative estimate of drug-likeness (QED) is 0.834. The number of aliphatic hydroxyl groups excluding tert-OH is 1. The number of aliphatic hydroxyl groups is 1. The highest BCUT2D eigenvalue weighted by Gasteiger charge is 2.06. The molecule has 0 saturated heterocycles. The van der Waals surface area contributed by atoms with Gasteiger partial charge in [0.2, 0.25) is 0 Å². The summed E-state index contributed by atoms with van der Waals surface area (Å²) in [6.45, 7) is 0. The SMILES string of the molecule is OC(CCCc1ccccc1)Cc1cccc(Cl)c1. The van der Waals surface area contributed by atoms with Crippen LogP contribution < -0.4 is 0 Å². The molecular weight excluding hydrogens is 256 g/mol. The Bertz CT molecular complexity index is 496. The first-order valence-electron chi connectivity index (χ1n) is 6.70. The molecule has 1 nitrogen and oxygen atoms in total. The lowest BCUT2D eigenvalue weighted by molar-refractivity contribution is 0.162. The van der Waals surface area contributed by atoms with Crippen LogP contribution in [0.1, 0.15) is 24.0 Å². The van der Waals surface area contributed by atoms with Crippen molar-refractivity contribution >= 4 is 11.6 Å². The second-order valence-electron chi connectivity index (χ2n) is 4.87. The van der Waals surface area contributed by atoms with E-state index in [2.05, 4.69) is 24.3 Å². The molecule has 2 rings (SSSR count). The molecule has 2 aromatic rings. The Morgan fingerprint density at radius 2 is 1.68 bits per heavy atom. The fourth-order valence-corrected chi connectivity index (χ4v) is 2.44. The van der Waals surface area contributed by atoms with Gasteiger partial charge >= 0.3 is 0 Å². The first-order valence-corrected chi connectivity index (χ1v) is 7.08. The Hall–Kier alpha value is -1.31. The summed E-state index contributed by atoms with van der Waals surface area (Å²) in [4.78, 5) is 0. The van der Waals surface area contributed by atoms with Gasteiger partial charge in [-0.15, -0.1) is 0 Å². The molecule has 100 valence electrons. The zero-order valence-electron chi connectivity index (χ0n) is 10.9. The van der Waals surface area contributed by atoms with Gasteiger partial charge in [0.15, 0.2) is 0 Å². The van der Waals surface area contributed by atoms with Crippen molar-refractivity contribution in [3.8, 4) is 0 Å². The molecule has 0 aromatic heterocycles. The predicted octanol–water partition coefficient (Wildman–Crippen LogP) is 4.27. The lowest BCUT2D eigenvalue weighted by atomic mass is 10.0. The molecule has 0 fully saturated rings. The normalized spacial score (nSPS) is 12.3. The molecule has 0 aliphatic rings. The van der Waals surface area contributed by atoms with Crippen LogP contribution in [0.4, 0.5) is 0 Å². The van der Waals surface area contributed by atoms with Crippen LogP contribution in [0.25, 0.3) is 0 Å². The Labute approximate surface area is 119 Å². The summed E-state index contributed by atoms with van der Waals surface area (Å²) in [6.07, 6.45) is 3.23. The van der Waals surface area contributed by atoms with Gasteiger partial charge in [0.1, 0.15) is 0 Å². The van der Waals surface area contributed by atoms with Gasteiger partial charge in [-0.3, -0.25) is 0 Å². The number of hydrogen-bond donors (Lipinski definition) is 1. The van der Waals surface area contributed by atoms with Crippen LogP contribution >= 0.6 is 11.6 Å². The van der Waals surface area contributed by atoms with E-state index in [-0.39, 0.29) is 6.10 Å². The van der Waals surface area contributed by atoms with E-state index in [4.69, 9.17) is 11.6 Å². The molecule has 0 aliphatic heterocycles. The highest BCUT2D eigenvalue weighted by molar-refractivity contribution is 6.30. The smallest absolute Gasteiger partial charge is 0.0580 e. The van der Waals surface area contributed by atoms with Crippen LogP contribution in [0.15, 0.2) is 54.6 Å². The Balaban J connectivity index is 1.74. The van der Waals surface area contributed by atoms with Crippen molar-refractivity contribution in [2.75, 3.05) is 0 Å². The minimum atomic E-state index is -0.290. The molecule has 0 bridgehead atoms. The maximum absolute atomic E-state index is 10.0. The van der Waals surface area contributed by atoms with E-state index in [0.29, 0.717) is 6.42 Å². The standard InChI is InChI=1S/C17H19ClO/c18-16-10-4-9-15(12-16)13-17(19)11-5-8-14-6-2-1-3-7-14/h1-4,6-7,9-10,12,17,19H,5,8,11,13H2. The average Bonchev–Trinajstić information content (AvgIpc) is 2.40. The van der Waals surface area contributed by atoms with Crippen LogP contribution in [0.3, 0.4) is 0 Å². The lowest BCUT2D eigenvalue weighted by Gasteiger charge is -2.10. The van der Waals surface area contributed by atoms with Crippen molar-refractivity contribution in [3.63, 3.8) is 0 Å². The maximum Gasteiger partial charge on any atom is 0.0580 e. The zero-order valence-corrected chi connectivity index (χ0v) is 11.7. The van der Waals surface area contributed by atoms with Crippen LogP contribution in [0.2, 0.25) is 5.02 Å². The lowest BCUT2D eigenvalue weighted by Crippen LogP contribution is -2.10. The Morgan fingerprint density at radius 1 is 0.947 bits per heavy atom. The summed E-state index contributed by atoms with van der Waals surface area (Å²) < 4.78 is 0. The van der Waals surface area contributed by atoms with Crippen molar-refractivity contribution in [2.45, 2.75) is 31.8 Å². The summed E-state index contributed by atoms with van der Waals surface area (Å²) in [5.74, 6) is 0. The van der Waals surface area contributed by atoms with Gasteiger partial charge in [0.25, 0.3) is 0 Å². The van der Waals surface area contributed by atoms with E-state index in [9.17, 15) is 5.11 Å². The van der Waals surface area contributed by atoms with Crippen molar-refractivity contribution in [3.05, 3.63) is 70.7 Å². The molecule has 19 heavy (non-hydrogen) atoms. The molecule has 0 spiro atoms. The molecule has 0 amide bonds. The van der Waals surface area contributed by atoms with Crippen LogP contribution in [-0.2, 0) is 12.8 Å². The van der Waals surface area contributed by atoms with E-state index >= 15 is 0 Å². The first kappa shape index (κ1) is 14.1. The molecule has 2 heteroatoms. The molecule has 0 heterocycles. The fourth-order valence-electron chi connectivity index (χ4n) is 2.22. The second-order valence-corrected chi connectivity index (χ2v) is 5.30. The number of aryl methyl sites for hydroxylation is 1. The van der Waals surface area contributed by atoms with Gasteiger partial charge in [0, 0.05) is 5.02 Å². The zero-order chi connectivity index (χ0) is 13.5. The first-order chi connectivity index (χ1) is 9.24. The van der Waals surface area contributed by atoms with Crippen LogP contribution in [0, 0.1) is 0 Å². The van der Waals surface area contributed by atoms with Crippen molar-refractivity contribution in [1.29, 1.82) is 0 Å². The van der Waals surface area contributed by atoms with Gasteiger partial charge in [-0.2, -0.15) is 0 Å². The molecule has 0 radical (unpaired) electrons. The number of rotatable bonds is 6. The van der Waals surface area contributed by atoms with E-state index in [1.54, 1.807) is 0 Å². The van der Waals surface area contributed by atoms with Gasteiger partial charge in [0.05, 0.1) is 6.10 Å². The third kappa shape index (κ3) is 5.06. The molecule has 1 atom stereocenters. The molecule has 0 aliphatic carbocycles. The van der Waals surface area contributed by atoms with Crippen molar-refractivity contribution in [1.82, 2.24) is 0 Å². The summed E-state index contributed by atoms with van der Waals surface area (Å²) in [6, 6.07) is 18.1. The molecule has 0 saturated carbocycles. The Kier molecular flexibility index (Phi) is 5.44. The highest BCUT2D eigenvalue weighted by Crippen LogP contribution is 2.14. The van der Waals surface area contributed by atoms with Gasteiger partial charge in [-0.25, -0.2) is 0 Å².